The number of fused-ring (bicyclic) bond motifs is 3. The maximum atomic E-state index is 11.5. The highest BCUT2D eigenvalue weighted by atomic mass is 16.5. The van der Waals surface area contributed by atoms with Gasteiger partial charge in [-0.2, -0.15) is 0 Å². The number of carbonyl (C=O) groups is 1. The number of likely N-dealkylation sites (tertiary alicyclic amines) is 1. The van der Waals surface area contributed by atoms with E-state index in [1.165, 1.54) is 12.8 Å². The van der Waals surface area contributed by atoms with Crippen molar-refractivity contribution in [3.8, 4) is 0 Å². The zero-order valence-electron chi connectivity index (χ0n) is 14.3. The van der Waals surface area contributed by atoms with Gasteiger partial charge in [0.15, 0.2) is 0 Å². The molecule has 7 heteroatoms. The van der Waals surface area contributed by atoms with Crippen LogP contribution in [0, 0.1) is 0 Å². The summed E-state index contributed by atoms with van der Waals surface area (Å²) in [4.78, 5) is 21.1. The Bertz CT molecular complexity index is 708. The molecule has 1 amide bonds. The van der Waals surface area contributed by atoms with Gasteiger partial charge in [0.25, 0.3) is 5.91 Å². The Morgan fingerprint density at radius 3 is 3.12 bits per heavy atom. The van der Waals surface area contributed by atoms with Gasteiger partial charge in [0.2, 0.25) is 0 Å². The lowest BCUT2D eigenvalue weighted by Crippen LogP contribution is -2.50. The number of hydrogen-bond donors (Lipinski definition) is 2. The zero-order valence-corrected chi connectivity index (χ0v) is 14.3. The summed E-state index contributed by atoms with van der Waals surface area (Å²) < 4.78 is 6.22. The van der Waals surface area contributed by atoms with Crippen molar-refractivity contribution in [3.05, 3.63) is 29.1 Å². The monoisotopic (exact) mass is 344 g/mol. The maximum Gasteiger partial charge on any atom is 0.276 e. The molecule has 0 unspecified atom stereocenters. The van der Waals surface area contributed by atoms with Crippen LogP contribution >= 0.6 is 0 Å². The Morgan fingerprint density at radius 2 is 2.32 bits per heavy atom. The fourth-order valence-electron chi connectivity index (χ4n) is 4.80. The summed E-state index contributed by atoms with van der Waals surface area (Å²) in [5.74, 6) is -0.506. The quantitative estimate of drug-likeness (QED) is 0.614. The van der Waals surface area contributed by atoms with E-state index < -0.39 is 5.91 Å². The third-order valence-corrected chi connectivity index (χ3v) is 6.15. The molecule has 2 bridgehead atoms. The first-order valence-electron chi connectivity index (χ1n) is 9.20. The molecule has 2 atom stereocenters. The van der Waals surface area contributed by atoms with Crippen LogP contribution in [-0.2, 0) is 17.7 Å². The molecule has 1 aromatic rings. The van der Waals surface area contributed by atoms with Crippen molar-refractivity contribution in [2.45, 2.75) is 49.9 Å². The predicted octanol–water partition coefficient (Wildman–Crippen LogP) is 0.564. The van der Waals surface area contributed by atoms with Crippen LogP contribution in [0.3, 0.4) is 0 Å². The van der Waals surface area contributed by atoms with Crippen LogP contribution in [0.1, 0.15) is 40.9 Å². The molecule has 1 saturated carbocycles. The first kappa shape index (κ1) is 15.7. The number of rotatable bonds is 4. The van der Waals surface area contributed by atoms with Crippen molar-refractivity contribution in [1.29, 1.82) is 0 Å². The van der Waals surface area contributed by atoms with Crippen molar-refractivity contribution in [1.82, 2.24) is 20.3 Å². The molecule has 5 rings (SSSR count). The number of morpholine rings is 1. The fourth-order valence-corrected chi connectivity index (χ4v) is 4.80. The smallest absolute Gasteiger partial charge is 0.276 e. The molecule has 1 aromatic heterocycles. The van der Waals surface area contributed by atoms with E-state index in [4.69, 9.17) is 9.94 Å². The average molecular weight is 344 g/mol. The van der Waals surface area contributed by atoms with Crippen LogP contribution in [0.4, 0.5) is 0 Å². The van der Waals surface area contributed by atoms with E-state index >= 15 is 0 Å². The molecular formula is C18H24N4O3. The second kappa shape index (κ2) is 5.74. The Balaban J connectivity index is 1.27. The number of ether oxygens (including phenoxy) is 1. The van der Waals surface area contributed by atoms with Crippen LogP contribution in [0.25, 0.3) is 0 Å². The summed E-state index contributed by atoms with van der Waals surface area (Å²) in [6.45, 7) is 4.69. The van der Waals surface area contributed by atoms with E-state index in [2.05, 4.69) is 14.8 Å². The van der Waals surface area contributed by atoms with Crippen LogP contribution in [0.15, 0.2) is 12.3 Å². The lowest BCUT2D eigenvalue weighted by Gasteiger charge is -2.38. The number of hydroxylamine groups is 1. The largest absolute Gasteiger partial charge is 0.371 e. The summed E-state index contributed by atoms with van der Waals surface area (Å²) in [5.41, 5.74) is 4.21. The van der Waals surface area contributed by atoms with E-state index in [1.807, 2.05) is 6.07 Å². The third kappa shape index (κ3) is 2.75. The average Bonchev–Trinajstić information content (AvgIpc) is 3.33. The molecule has 0 spiro atoms. The van der Waals surface area contributed by atoms with Crippen molar-refractivity contribution in [2.75, 3.05) is 26.2 Å². The lowest BCUT2D eigenvalue weighted by atomic mass is 9.98. The van der Waals surface area contributed by atoms with Gasteiger partial charge in [-0.25, -0.2) is 5.48 Å². The Hall–Kier alpha value is -1.54. The van der Waals surface area contributed by atoms with Gasteiger partial charge < -0.3 is 4.74 Å². The minimum atomic E-state index is -0.506. The third-order valence-electron chi connectivity index (χ3n) is 6.15. The topological polar surface area (TPSA) is 77.9 Å². The number of amides is 1. The van der Waals surface area contributed by atoms with Crippen molar-refractivity contribution >= 4 is 5.91 Å². The van der Waals surface area contributed by atoms with Crippen LogP contribution in [-0.4, -0.2) is 69.8 Å². The first-order valence-corrected chi connectivity index (χ1v) is 9.20. The summed E-state index contributed by atoms with van der Waals surface area (Å²) in [6.07, 6.45) is 6.30. The van der Waals surface area contributed by atoms with Crippen LogP contribution < -0.4 is 5.48 Å². The van der Waals surface area contributed by atoms with Crippen LogP contribution in [0.2, 0.25) is 0 Å². The minimum Gasteiger partial charge on any atom is -0.371 e. The van der Waals surface area contributed by atoms with Gasteiger partial charge in [-0.15, -0.1) is 0 Å². The summed E-state index contributed by atoms with van der Waals surface area (Å²) in [5, 5.41) is 8.76. The fraction of sp³-hybridized carbons (Fsp3) is 0.667. The van der Waals surface area contributed by atoms with E-state index in [1.54, 1.807) is 11.7 Å². The number of hydrogen-bond acceptors (Lipinski definition) is 6. The highest BCUT2D eigenvalue weighted by molar-refractivity contribution is 5.93. The molecule has 3 fully saturated rings. The lowest BCUT2D eigenvalue weighted by molar-refractivity contribution is -0.0658. The second-order valence-electron chi connectivity index (χ2n) is 7.99. The first-order chi connectivity index (χ1) is 12.2. The van der Waals surface area contributed by atoms with E-state index in [-0.39, 0.29) is 5.60 Å². The molecule has 0 aromatic carbocycles. The summed E-state index contributed by atoms with van der Waals surface area (Å²) in [7, 11) is 0. The molecule has 134 valence electrons. The molecule has 7 nitrogen and oxygen atoms in total. The van der Waals surface area contributed by atoms with Crippen molar-refractivity contribution in [3.63, 3.8) is 0 Å². The minimum absolute atomic E-state index is 0.00146. The van der Waals surface area contributed by atoms with Gasteiger partial charge in [-0.1, -0.05) is 0 Å². The molecule has 25 heavy (non-hydrogen) atoms. The standard InChI is InChI=1S/C18H24N4O3/c23-17(20-24)13-5-12-3-4-21(8-16(12)19-7-13)10-18-6-15(9-25-18)22(11-18)14-1-2-14/h5,7,14-15,24H,1-4,6,8-11H2,(H,20,23)/t15-,18+/m0/s1. The van der Waals surface area contributed by atoms with Gasteiger partial charge in [0.1, 0.15) is 0 Å². The summed E-state index contributed by atoms with van der Waals surface area (Å²) in [6, 6.07) is 3.29. The normalized spacial score (nSPS) is 32.0. The number of nitrogens with one attached hydrogen (secondary N) is 1. The molecule has 4 aliphatic rings. The number of aromatic nitrogens is 1. The van der Waals surface area contributed by atoms with Gasteiger partial charge >= 0.3 is 0 Å². The molecule has 1 aliphatic carbocycles. The maximum absolute atomic E-state index is 11.5. The van der Waals surface area contributed by atoms with E-state index in [0.29, 0.717) is 11.6 Å². The highest BCUT2D eigenvalue weighted by Crippen LogP contribution is 2.44. The molecular weight excluding hydrogens is 320 g/mol. The summed E-state index contributed by atoms with van der Waals surface area (Å²) >= 11 is 0. The molecule has 2 saturated heterocycles. The van der Waals surface area contributed by atoms with Crippen LogP contribution in [0.5, 0.6) is 0 Å². The number of nitrogens with zero attached hydrogens (tertiary/aromatic N) is 3. The zero-order chi connectivity index (χ0) is 17.0. The Morgan fingerprint density at radius 1 is 1.44 bits per heavy atom. The SMILES string of the molecule is O=C(NO)c1cnc2c(c1)CCN(C[C@@]13C[C@@H](CO1)N(C1CC1)C3)C2. The number of carbonyl (C=O) groups excluding carboxylic acids is 1. The van der Waals surface area contributed by atoms with Gasteiger partial charge in [-0.3, -0.25) is 24.8 Å². The van der Waals surface area contributed by atoms with E-state index in [0.717, 1.165) is 62.9 Å². The molecule has 0 radical (unpaired) electrons. The molecule has 3 aliphatic heterocycles. The van der Waals surface area contributed by atoms with Gasteiger partial charge in [0, 0.05) is 44.5 Å². The van der Waals surface area contributed by atoms with E-state index in [9.17, 15) is 4.79 Å². The highest BCUT2D eigenvalue weighted by Gasteiger charge is 2.54. The molecule has 2 N–H and O–H groups in total. The van der Waals surface area contributed by atoms with Crippen molar-refractivity contribution in [2.24, 2.45) is 0 Å². The Labute approximate surface area is 146 Å². The number of pyridine rings is 1. The predicted molar refractivity (Wildman–Crippen MR) is 89.3 cm³/mol. The van der Waals surface area contributed by atoms with Gasteiger partial charge in [0.05, 0.1) is 23.5 Å². The van der Waals surface area contributed by atoms with Gasteiger partial charge in [-0.05, 0) is 37.3 Å². The second-order valence-corrected chi connectivity index (χ2v) is 7.99. The van der Waals surface area contributed by atoms with Crippen molar-refractivity contribution < 1.29 is 14.7 Å². The molecule has 4 heterocycles. The Kier molecular flexibility index (Phi) is 3.60.